The minimum Gasteiger partial charge on any atom is -0.353 e. The Kier molecular flexibility index (Phi) is 5.72. The fraction of sp³-hybridized carbons (Fsp3) is 0.192. The van der Waals surface area contributed by atoms with Crippen LogP contribution in [0.5, 0.6) is 0 Å². The molecule has 0 unspecified atom stereocenters. The molecule has 0 atom stereocenters. The summed E-state index contributed by atoms with van der Waals surface area (Å²) in [5.41, 5.74) is 2.77. The first-order valence-corrected chi connectivity index (χ1v) is 10.9. The van der Waals surface area contributed by atoms with Gasteiger partial charge in [-0.15, -0.1) is 5.10 Å². The number of rotatable bonds is 4. The van der Waals surface area contributed by atoms with Gasteiger partial charge in [-0.3, -0.25) is 4.98 Å². The van der Waals surface area contributed by atoms with E-state index in [9.17, 15) is 9.65 Å². The van der Waals surface area contributed by atoms with Gasteiger partial charge in [0.15, 0.2) is 5.82 Å². The zero-order chi connectivity index (χ0) is 23.5. The summed E-state index contributed by atoms with van der Waals surface area (Å²) in [5.74, 6) is 1.37. The second-order valence-electron chi connectivity index (χ2n) is 8.11. The zero-order valence-corrected chi connectivity index (χ0v) is 18.3. The molecule has 0 saturated carbocycles. The zero-order valence-electron chi connectivity index (χ0n) is 18.3. The molecule has 0 bridgehead atoms. The molecule has 2 aromatic heterocycles. The first kappa shape index (κ1) is 21.3. The minimum atomic E-state index is -0.279. The number of nitrogens with zero attached hydrogens (tertiary/aromatic N) is 7. The van der Waals surface area contributed by atoms with Crippen molar-refractivity contribution in [3.8, 4) is 6.07 Å². The first-order chi connectivity index (χ1) is 16.6. The van der Waals surface area contributed by atoms with Crippen LogP contribution < -0.4 is 9.80 Å². The van der Waals surface area contributed by atoms with E-state index in [2.05, 4.69) is 35.9 Å². The molecule has 2 aromatic carbocycles. The van der Waals surface area contributed by atoms with Crippen LogP contribution in [0.2, 0.25) is 0 Å². The van der Waals surface area contributed by atoms with Crippen LogP contribution in [0.25, 0.3) is 15.6 Å². The number of halogens is 1. The number of fused-ring (bicyclic) bond motifs is 1. The van der Waals surface area contributed by atoms with Crippen LogP contribution in [-0.2, 0) is 6.42 Å². The first-order valence-electron chi connectivity index (χ1n) is 10.9. The van der Waals surface area contributed by atoms with Gasteiger partial charge < -0.3 is 9.80 Å². The summed E-state index contributed by atoms with van der Waals surface area (Å²) < 4.78 is 13.3. The largest absolute Gasteiger partial charge is 0.353 e. The van der Waals surface area contributed by atoms with Crippen molar-refractivity contribution in [1.29, 1.82) is 5.26 Å². The number of piperazine rings is 1. The van der Waals surface area contributed by atoms with E-state index in [-0.39, 0.29) is 5.82 Å². The van der Waals surface area contributed by atoms with Crippen molar-refractivity contribution >= 4 is 28.1 Å². The number of nitriles is 1. The van der Waals surface area contributed by atoms with Gasteiger partial charge in [-0.25, -0.2) is 9.24 Å². The van der Waals surface area contributed by atoms with Gasteiger partial charge in [0.05, 0.1) is 23.9 Å². The van der Waals surface area contributed by atoms with E-state index < -0.39 is 0 Å². The normalized spacial score (nSPS) is 13.5. The number of pyridine rings is 1. The molecule has 166 valence electrons. The highest BCUT2D eigenvalue weighted by Gasteiger charge is 2.22. The van der Waals surface area contributed by atoms with Crippen LogP contribution in [0, 0.1) is 23.7 Å². The van der Waals surface area contributed by atoms with Gasteiger partial charge in [0.1, 0.15) is 11.6 Å². The summed E-state index contributed by atoms with van der Waals surface area (Å²) in [6, 6.07) is 17.8. The lowest BCUT2D eigenvalue weighted by Gasteiger charge is -2.36. The topological polar surface area (TPSA) is 73.3 Å². The van der Waals surface area contributed by atoms with Crippen molar-refractivity contribution in [2.45, 2.75) is 6.42 Å². The lowest BCUT2D eigenvalue weighted by molar-refractivity contribution is 0.627. The molecule has 1 aliphatic heterocycles. The predicted octanol–water partition coefficient (Wildman–Crippen LogP) is 4.50. The molecule has 1 saturated heterocycles. The highest BCUT2D eigenvalue weighted by atomic mass is 19.1. The Morgan fingerprint density at radius 1 is 0.941 bits per heavy atom. The van der Waals surface area contributed by atoms with E-state index in [4.69, 9.17) is 6.57 Å². The number of hydrogen-bond acceptors (Lipinski definition) is 6. The number of aromatic nitrogens is 3. The molecule has 0 amide bonds. The molecule has 0 spiro atoms. The summed E-state index contributed by atoms with van der Waals surface area (Å²) in [5, 5.41) is 20.4. The molecule has 3 heterocycles. The van der Waals surface area contributed by atoms with Crippen LogP contribution in [0.1, 0.15) is 16.8 Å². The molecule has 0 radical (unpaired) electrons. The third kappa shape index (κ3) is 4.22. The van der Waals surface area contributed by atoms with Gasteiger partial charge in [0.25, 0.3) is 0 Å². The molecule has 0 aliphatic carbocycles. The van der Waals surface area contributed by atoms with Crippen molar-refractivity contribution in [3.05, 3.63) is 94.8 Å². The van der Waals surface area contributed by atoms with Gasteiger partial charge in [-0.1, -0.05) is 18.2 Å². The quantitative estimate of drug-likeness (QED) is 0.427. The monoisotopic (exact) mass is 449 g/mol. The van der Waals surface area contributed by atoms with Crippen LogP contribution >= 0.6 is 0 Å². The van der Waals surface area contributed by atoms with Gasteiger partial charge >= 0.3 is 0 Å². The molecule has 8 heteroatoms. The maximum atomic E-state index is 13.3. The Bertz CT molecular complexity index is 1410. The Morgan fingerprint density at radius 3 is 2.38 bits per heavy atom. The van der Waals surface area contributed by atoms with E-state index in [1.807, 2.05) is 18.2 Å². The Labute approximate surface area is 196 Å². The van der Waals surface area contributed by atoms with Crippen LogP contribution in [0.3, 0.4) is 0 Å². The molecular formula is C26H20FN7. The van der Waals surface area contributed by atoms with Crippen molar-refractivity contribution in [3.63, 3.8) is 0 Å². The fourth-order valence-electron chi connectivity index (χ4n) is 4.20. The van der Waals surface area contributed by atoms with Gasteiger partial charge in [0, 0.05) is 49.6 Å². The Morgan fingerprint density at radius 2 is 1.71 bits per heavy atom. The summed E-state index contributed by atoms with van der Waals surface area (Å²) in [6.45, 7) is 10.1. The third-order valence-electron chi connectivity index (χ3n) is 6.02. The van der Waals surface area contributed by atoms with E-state index in [0.29, 0.717) is 17.7 Å². The van der Waals surface area contributed by atoms with Crippen molar-refractivity contribution < 1.29 is 4.39 Å². The highest BCUT2D eigenvalue weighted by molar-refractivity contribution is 5.94. The molecule has 7 nitrogen and oxygen atoms in total. The maximum absolute atomic E-state index is 13.3. The second kappa shape index (κ2) is 9.13. The SMILES string of the molecule is [C-]#[N+]c1ccc(N2CCN(c3nnc(Cc4ccc(F)cc4)c4cc(C#N)ccc34)CC2)nc1. The summed E-state index contributed by atoms with van der Waals surface area (Å²) in [4.78, 5) is 12.2. The van der Waals surface area contributed by atoms with Crippen molar-refractivity contribution in [2.75, 3.05) is 36.0 Å². The lowest BCUT2D eigenvalue weighted by Crippen LogP contribution is -2.47. The standard InChI is InChI=1S/C26H20FN7/c1-29-21-7-9-25(30-17-21)33-10-12-34(13-11-33)26-22-8-4-19(16-28)14-23(22)24(31-32-26)15-18-2-5-20(27)6-3-18/h2-9,14,17H,10-13,15H2. The summed E-state index contributed by atoms with van der Waals surface area (Å²) in [7, 11) is 0. The third-order valence-corrected chi connectivity index (χ3v) is 6.02. The van der Waals surface area contributed by atoms with Crippen molar-refractivity contribution in [1.82, 2.24) is 15.2 Å². The molecule has 0 N–H and O–H groups in total. The van der Waals surface area contributed by atoms with E-state index in [0.717, 1.165) is 59.8 Å². The van der Waals surface area contributed by atoms with E-state index in [1.54, 1.807) is 30.5 Å². The van der Waals surface area contributed by atoms with Crippen LogP contribution in [0.4, 0.5) is 21.7 Å². The maximum Gasteiger partial charge on any atom is 0.205 e. The number of anilines is 2. The lowest BCUT2D eigenvalue weighted by atomic mass is 10.0. The molecule has 34 heavy (non-hydrogen) atoms. The Balaban J connectivity index is 1.42. The molecular weight excluding hydrogens is 429 g/mol. The van der Waals surface area contributed by atoms with Gasteiger partial charge in [0.2, 0.25) is 5.69 Å². The predicted molar refractivity (Wildman–Crippen MR) is 128 cm³/mol. The van der Waals surface area contributed by atoms with Crippen LogP contribution in [0.15, 0.2) is 60.8 Å². The molecule has 5 rings (SSSR count). The second-order valence-corrected chi connectivity index (χ2v) is 8.11. The highest BCUT2D eigenvalue weighted by Crippen LogP contribution is 2.29. The molecule has 1 aliphatic rings. The van der Waals surface area contributed by atoms with Gasteiger partial charge in [-0.05, 0) is 42.0 Å². The minimum absolute atomic E-state index is 0.279. The average molecular weight is 449 g/mol. The molecule has 4 aromatic rings. The summed E-state index contributed by atoms with van der Waals surface area (Å²) >= 11 is 0. The Hall–Kier alpha value is -4.56. The molecule has 1 fully saturated rings. The van der Waals surface area contributed by atoms with E-state index >= 15 is 0 Å². The van der Waals surface area contributed by atoms with Gasteiger partial charge in [-0.2, -0.15) is 10.4 Å². The van der Waals surface area contributed by atoms with E-state index in [1.165, 1.54) is 12.1 Å². The average Bonchev–Trinajstić information content (AvgIpc) is 2.90. The smallest absolute Gasteiger partial charge is 0.205 e. The summed E-state index contributed by atoms with van der Waals surface area (Å²) in [6.07, 6.45) is 2.10. The fourth-order valence-corrected chi connectivity index (χ4v) is 4.20. The van der Waals surface area contributed by atoms with Crippen molar-refractivity contribution in [2.24, 2.45) is 0 Å². The number of hydrogen-bond donors (Lipinski definition) is 0. The van der Waals surface area contributed by atoms with Crippen LogP contribution in [-0.4, -0.2) is 41.4 Å². The number of benzene rings is 2.